The van der Waals surface area contributed by atoms with Crippen LogP contribution in [0.2, 0.25) is 0 Å². The van der Waals surface area contributed by atoms with E-state index in [2.05, 4.69) is 20.3 Å². The van der Waals surface area contributed by atoms with Crippen LogP contribution in [-0.4, -0.2) is 20.8 Å². The summed E-state index contributed by atoms with van der Waals surface area (Å²) in [7, 11) is -3.87. The van der Waals surface area contributed by atoms with Crippen LogP contribution in [0.25, 0.3) is 0 Å². The van der Waals surface area contributed by atoms with E-state index in [0.29, 0.717) is 4.88 Å². The molecule has 0 aliphatic carbocycles. The molecular formula is C16H18F3N3O3S2. The number of hydrogen-bond acceptors (Lipinski definition) is 6. The Hall–Kier alpha value is -1.82. The SMILES string of the molecule is Cc1sc(C2CC(C)NN2)cc1S(=O)(=O)Nc1ccc(OC(F)(F)F)cc1. The van der Waals surface area contributed by atoms with E-state index in [4.69, 9.17) is 0 Å². The van der Waals surface area contributed by atoms with Gasteiger partial charge in [0.25, 0.3) is 10.0 Å². The molecule has 11 heteroatoms. The van der Waals surface area contributed by atoms with Crippen LogP contribution in [0.5, 0.6) is 5.75 Å². The molecule has 1 aliphatic heterocycles. The third-order valence-corrected chi connectivity index (χ3v) is 6.76. The van der Waals surface area contributed by atoms with Crippen molar-refractivity contribution in [3.63, 3.8) is 0 Å². The Bertz CT molecular complexity index is 911. The maximum Gasteiger partial charge on any atom is 0.573 e. The van der Waals surface area contributed by atoms with E-state index in [0.717, 1.165) is 23.4 Å². The molecule has 0 amide bonds. The van der Waals surface area contributed by atoms with Gasteiger partial charge in [-0.2, -0.15) is 0 Å². The van der Waals surface area contributed by atoms with Crippen molar-refractivity contribution in [2.24, 2.45) is 0 Å². The lowest BCUT2D eigenvalue weighted by Crippen LogP contribution is -2.28. The minimum absolute atomic E-state index is 0.0338. The number of halogens is 3. The Morgan fingerprint density at radius 3 is 2.44 bits per heavy atom. The molecule has 6 nitrogen and oxygen atoms in total. The van der Waals surface area contributed by atoms with Crippen molar-refractivity contribution < 1.29 is 26.3 Å². The second-order valence-electron chi connectivity index (χ2n) is 6.22. The monoisotopic (exact) mass is 421 g/mol. The molecule has 27 heavy (non-hydrogen) atoms. The van der Waals surface area contributed by atoms with Gasteiger partial charge < -0.3 is 4.74 Å². The first-order chi connectivity index (χ1) is 12.5. The van der Waals surface area contributed by atoms with E-state index in [-0.39, 0.29) is 22.7 Å². The van der Waals surface area contributed by atoms with Gasteiger partial charge in [-0.3, -0.25) is 10.1 Å². The van der Waals surface area contributed by atoms with Gasteiger partial charge in [-0.15, -0.1) is 24.5 Å². The Balaban J connectivity index is 1.76. The minimum Gasteiger partial charge on any atom is -0.406 e. The van der Waals surface area contributed by atoms with E-state index < -0.39 is 22.1 Å². The van der Waals surface area contributed by atoms with E-state index in [1.807, 2.05) is 6.92 Å². The third kappa shape index (κ3) is 4.92. The second-order valence-corrected chi connectivity index (χ2v) is 9.16. The number of anilines is 1. The summed E-state index contributed by atoms with van der Waals surface area (Å²) in [6.45, 7) is 3.74. The van der Waals surface area contributed by atoms with Gasteiger partial charge in [0.1, 0.15) is 10.6 Å². The third-order valence-electron chi connectivity index (χ3n) is 3.96. The number of hydrazine groups is 1. The van der Waals surface area contributed by atoms with Gasteiger partial charge in [-0.1, -0.05) is 0 Å². The van der Waals surface area contributed by atoms with Crippen molar-refractivity contribution in [2.45, 2.75) is 43.6 Å². The number of thiophene rings is 1. The molecule has 148 valence electrons. The molecule has 2 atom stereocenters. The van der Waals surface area contributed by atoms with E-state index in [1.165, 1.54) is 23.5 Å². The predicted octanol–water partition coefficient (Wildman–Crippen LogP) is 3.68. The standard InChI is InChI=1S/C16H18F3N3O3S2/c1-9-7-13(21-20-9)14-8-15(10(2)26-14)27(23,24)22-11-3-5-12(6-4-11)25-16(17,18)19/h3-6,8-9,13,20-22H,7H2,1-2H3. The molecule has 2 aromatic rings. The molecule has 2 heterocycles. The minimum atomic E-state index is -4.80. The first kappa shape index (κ1) is 19.9. The highest BCUT2D eigenvalue weighted by molar-refractivity contribution is 7.93. The van der Waals surface area contributed by atoms with E-state index in [9.17, 15) is 21.6 Å². The van der Waals surface area contributed by atoms with Crippen molar-refractivity contribution in [2.75, 3.05) is 4.72 Å². The summed E-state index contributed by atoms with van der Waals surface area (Å²) < 4.78 is 68.1. The average molecular weight is 421 g/mol. The first-order valence-electron chi connectivity index (χ1n) is 8.03. The molecule has 0 bridgehead atoms. The zero-order valence-electron chi connectivity index (χ0n) is 14.4. The lowest BCUT2D eigenvalue weighted by molar-refractivity contribution is -0.274. The maximum absolute atomic E-state index is 12.7. The van der Waals surface area contributed by atoms with Crippen LogP contribution >= 0.6 is 11.3 Å². The van der Waals surface area contributed by atoms with Crippen molar-refractivity contribution in [1.29, 1.82) is 0 Å². The highest BCUT2D eigenvalue weighted by Crippen LogP contribution is 2.34. The number of benzene rings is 1. The fraction of sp³-hybridized carbons (Fsp3) is 0.375. The largest absolute Gasteiger partial charge is 0.573 e. The van der Waals surface area contributed by atoms with Crippen LogP contribution in [-0.2, 0) is 10.0 Å². The van der Waals surface area contributed by atoms with Crippen LogP contribution < -0.4 is 20.3 Å². The van der Waals surface area contributed by atoms with Gasteiger partial charge in [0.2, 0.25) is 0 Å². The van der Waals surface area contributed by atoms with Gasteiger partial charge in [-0.25, -0.2) is 13.8 Å². The van der Waals surface area contributed by atoms with Gasteiger partial charge in [0.05, 0.1) is 6.04 Å². The normalized spacial score (nSPS) is 20.6. The van der Waals surface area contributed by atoms with E-state index in [1.54, 1.807) is 13.0 Å². The Kier molecular flexibility index (Phi) is 5.39. The van der Waals surface area contributed by atoms with E-state index >= 15 is 0 Å². The fourth-order valence-corrected chi connectivity index (χ4v) is 5.50. The zero-order valence-corrected chi connectivity index (χ0v) is 16.1. The smallest absolute Gasteiger partial charge is 0.406 e. The summed E-state index contributed by atoms with van der Waals surface area (Å²) in [5.74, 6) is -0.423. The molecule has 2 unspecified atom stereocenters. The Morgan fingerprint density at radius 1 is 1.22 bits per heavy atom. The maximum atomic E-state index is 12.7. The number of aryl methyl sites for hydroxylation is 1. The summed E-state index contributed by atoms with van der Waals surface area (Å²) >= 11 is 1.39. The summed E-state index contributed by atoms with van der Waals surface area (Å²) in [6.07, 6.45) is -3.96. The summed E-state index contributed by atoms with van der Waals surface area (Å²) in [4.78, 5) is 1.69. The number of hydrogen-bond donors (Lipinski definition) is 3. The summed E-state index contributed by atoms with van der Waals surface area (Å²) in [5.41, 5.74) is 6.37. The lowest BCUT2D eigenvalue weighted by Gasteiger charge is -2.11. The number of sulfonamides is 1. The molecule has 0 spiro atoms. The van der Waals surface area contributed by atoms with Crippen LogP contribution in [0.15, 0.2) is 35.2 Å². The van der Waals surface area contributed by atoms with Crippen molar-refractivity contribution in [1.82, 2.24) is 10.9 Å². The molecule has 1 fully saturated rings. The van der Waals surface area contributed by atoms with Gasteiger partial charge in [0.15, 0.2) is 0 Å². The van der Waals surface area contributed by atoms with Gasteiger partial charge in [0, 0.05) is 21.5 Å². The first-order valence-corrected chi connectivity index (χ1v) is 10.3. The van der Waals surface area contributed by atoms with Crippen molar-refractivity contribution >= 4 is 27.0 Å². The quantitative estimate of drug-likeness (QED) is 0.686. The number of rotatable bonds is 5. The number of ether oxygens (including phenoxy) is 1. The lowest BCUT2D eigenvalue weighted by atomic mass is 10.1. The van der Waals surface area contributed by atoms with Crippen LogP contribution in [0.4, 0.5) is 18.9 Å². The second kappa shape index (κ2) is 7.30. The topological polar surface area (TPSA) is 79.5 Å². The average Bonchev–Trinajstić information content (AvgIpc) is 3.14. The summed E-state index contributed by atoms with van der Waals surface area (Å²) in [5, 5.41) is 0. The molecule has 1 saturated heterocycles. The molecule has 0 saturated carbocycles. The summed E-state index contributed by atoms with van der Waals surface area (Å²) in [6, 6.07) is 6.47. The molecule has 3 rings (SSSR count). The molecule has 0 radical (unpaired) electrons. The Labute approximate surface area is 158 Å². The predicted molar refractivity (Wildman–Crippen MR) is 96.1 cm³/mol. The number of alkyl halides is 3. The van der Waals surface area contributed by atoms with Crippen molar-refractivity contribution in [3.8, 4) is 5.75 Å². The van der Waals surface area contributed by atoms with Gasteiger partial charge in [-0.05, 0) is 50.6 Å². The number of nitrogens with one attached hydrogen (secondary N) is 3. The molecular weight excluding hydrogens is 403 g/mol. The molecule has 3 N–H and O–H groups in total. The fourth-order valence-electron chi connectivity index (χ4n) is 2.76. The van der Waals surface area contributed by atoms with Crippen LogP contribution in [0.3, 0.4) is 0 Å². The molecule has 1 aromatic heterocycles. The highest BCUT2D eigenvalue weighted by Gasteiger charge is 2.31. The molecule has 1 aromatic carbocycles. The highest BCUT2D eigenvalue weighted by atomic mass is 32.2. The van der Waals surface area contributed by atoms with Crippen molar-refractivity contribution in [3.05, 3.63) is 40.1 Å². The van der Waals surface area contributed by atoms with Gasteiger partial charge >= 0.3 is 6.36 Å². The Morgan fingerprint density at radius 2 is 1.89 bits per heavy atom. The van der Waals surface area contributed by atoms with Crippen LogP contribution in [0, 0.1) is 6.92 Å². The van der Waals surface area contributed by atoms with Crippen LogP contribution in [0.1, 0.15) is 29.1 Å². The zero-order chi connectivity index (χ0) is 19.8. The molecule has 1 aliphatic rings.